The van der Waals surface area contributed by atoms with Crippen LogP contribution in [0.3, 0.4) is 0 Å². The zero-order valence-electron chi connectivity index (χ0n) is 22.2. The molecule has 0 radical (unpaired) electrons. The first-order chi connectivity index (χ1) is 20.1. The fourth-order valence-corrected chi connectivity index (χ4v) is 7.40. The summed E-state index contributed by atoms with van der Waals surface area (Å²) in [5, 5.41) is 44.6. The standard InChI is InChI=1S/C23H24N6O11S3/c1-23(2,21(36)27-37)40-28-14(11-7-42-22(24)25-11)17(32)26-15-18(33)29-16(20(34)35)9(6-41-19(15)29)8-43(38,39)10-3-4-12(30)13(31)5-10/h3-5,7,15,19,30-31,37H,6,8H2,1-2H3,(H2,24,25)(H,26,32)(H,27,36)(H,34,35)/b28-14-/t15-,19-/m1/s1. The van der Waals surface area contributed by atoms with Crippen molar-refractivity contribution in [2.24, 2.45) is 5.16 Å². The Morgan fingerprint density at radius 3 is 2.53 bits per heavy atom. The molecule has 1 aromatic carbocycles. The molecule has 2 aromatic rings. The number of aliphatic carboxylic acids is 1. The maximum atomic E-state index is 13.2. The fraction of sp³-hybridized carbons (Fsp3) is 0.304. The minimum absolute atomic E-state index is 0.0565. The number of carbonyl (C=O) groups excluding carboxylic acids is 3. The van der Waals surface area contributed by atoms with Crippen LogP contribution < -0.4 is 16.5 Å². The van der Waals surface area contributed by atoms with Crippen molar-refractivity contribution < 1.29 is 53.0 Å². The van der Waals surface area contributed by atoms with Crippen LogP contribution in [0.25, 0.3) is 0 Å². The molecule has 20 heteroatoms. The molecule has 17 nitrogen and oxygen atoms in total. The van der Waals surface area contributed by atoms with E-state index in [0.717, 1.165) is 46.2 Å². The lowest BCUT2D eigenvalue weighted by molar-refractivity contribution is -0.152. The first-order valence-corrected chi connectivity index (χ1v) is 15.5. The monoisotopic (exact) mass is 656 g/mol. The number of carboxylic acid groups (broad SMARTS) is 1. The number of nitrogens with two attached hydrogens (primary N) is 1. The summed E-state index contributed by atoms with van der Waals surface area (Å²) >= 11 is 1.97. The minimum Gasteiger partial charge on any atom is -0.504 e. The molecule has 3 heterocycles. The SMILES string of the molecule is CC(C)(O/N=C(\C(=O)N[C@@H]1C(=O)N2C(C(=O)O)=C(CS(=O)(=O)c3ccc(O)c(O)c3)CS[C@H]12)c1csc(N)n1)C(=O)NO. The second-order valence-electron chi connectivity index (χ2n) is 9.58. The van der Waals surface area contributed by atoms with E-state index >= 15 is 0 Å². The molecule has 8 N–H and O–H groups in total. The number of oxime groups is 1. The molecular formula is C23H24N6O11S3. The number of thioether (sulfide) groups is 1. The molecule has 0 aliphatic carbocycles. The van der Waals surface area contributed by atoms with Crippen LogP contribution in [-0.2, 0) is 33.9 Å². The van der Waals surface area contributed by atoms with Gasteiger partial charge in [-0.2, -0.15) is 0 Å². The number of carboxylic acids is 1. The van der Waals surface area contributed by atoms with Gasteiger partial charge in [0.25, 0.3) is 17.7 Å². The summed E-state index contributed by atoms with van der Waals surface area (Å²) < 4.78 is 25.9. The van der Waals surface area contributed by atoms with Crippen LogP contribution in [-0.4, -0.2) is 96.8 Å². The highest BCUT2D eigenvalue weighted by molar-refractivity contribution is 8.00. The number of β-lactam (4-membered cyclic amide) rings is 1. The second kappa shape index (κ2) is 11.7. The normalized spacial score (nSPS) is 18.9. The van der Waals surface area contributed by atoms with Gasteiger partial charge >= 0.3 is 5.97 Å². The summed E-state index contributed by atoms with van der Waals surface area (Å²) in [6, 6.07) is 1.58. The first kappa shape index (κ1) is 31.5. The van der Waals surface area contributed by atoms with Gasteiger partial charge in [-0.15, -0.1) is 23.1 Å². The number of amides is 3. The molecule has 1 fully saturated rings. The van der Waals surface area contributed by atoms with E-state index in [0.29, 0.717) is 0 Å². The molecule has 0 bridgehead atoms. The summed E-state index contributed by atoms with van der Waals surface area (Å²) in [7, 11) is -4.20. The number of benzene rings is 1. The Morgan fingerprint density at radius 2 is 1.95 bits per heavy atom. The number of thiazole rings is 1. The fourth-order valence-electron chi connectivity index (χ4n) is 3.95. The van der Waals surface area contributed by atoms with Crippen molar-refractivity contribution in [3.05, 3.63) is 40.5 Å². The molecule has 230 valence electrons. The van der Waals surface area contributed by atoms with E-state index in [1.54, 1.807) is 0 Å². The van der Waals surface area contributed by atoms with Crippen LogP contribution >= 0.6 is 23.1 Å². The highest BCUT2D eigenvalue weighted by Crippen LogP contribution is 2.41. The number of phenols is 2. The number of sulfone groups is 1. The average Bonchev–Trinajstić information content (AvgIpc) is 3.37. The van der Waals surface area contributed by atoms with Gasteiger partial charge in [0.05, 0.1) is 10.6 Å². The van der Waals surface area contributed by atoms with Crippen molar-refractivity contribution in [3.63, 3.8) is 0 Å². The number of fused-ring (bicyclic) bond motifs is 1. The van der Waals surface area contributed by atoms with E-state index in [1.807, 2.05) is 0 Å². The van der Waals surface area contributed by atoms with Gasteiger partial charge in [0.15, 0.2) is 32.2 Å². The highest BCUT2D eigenvalue weighted by Gasteiger charge is 2.54. The van der Waals surface area contributed by atoms with Crippen molar-refractivity contribution in [2.75, 3.05) is 17.2 Å². The summed E-state index contributed by atoms with van der Waals surface area (Å²) in [5.74, 6) is -6.54. The number of carbonyl (C=O) groups is 4. The Labute approximate surface area is 250 Å². The molecule has 2 aliphatic heterocycles. The zero-order chi connectivity index (χ0) is 31.9. The number of hydrogen-bond acceptors (Lipinski definition) is 15. The van der Waals surface area contributed by atoms with Crippen molar-refractivity contribution in [1.29, 1.82) is 0 Å². The van der Waals surface area contributed by atoms with E-state index in [-0.39, 0.29) is 27.0 Å². The average molecular weight is 657 g/mol. The number of nitrogens with zero attached hydrogens (tertiary/aromatic N) is 3. The summed E-state index contributed by atoms with van der Waals surface area (Å²) in [5.41, 5.74) is 4.13. The molecule has 0 saturated carbocycles. The lowest BCUT2D eigenvalue weighted by Gasteiger charge is -2.49. The smallest absolute Gasteiger partial charge is 0.352 e. The van der Waals surface area contributed by atoms with E-state index < -0.39 is 79.2 Å². The van der Waals surface area contributed by atoms with Gasteiger partial charge in [-0.3, -0.25) is 24.5 Å². The predicted octanol–water partition coefficient (Wildman–Crippen LogP) is -0.646. The molecule has 1 saturated heterocycles. The molecule has 0 spiro atoms. The largest absolute Gasteiger partial charge is 0.504 e. The third-order valence-corrected chi connectivity index (χ3v) is 9.91. The van der Waals surface area contributed by atoms with Crippen LogP contribution in [0.1, 0.15) is 19.5 Å². The van der Waals surface area contributed by atoms with E-state index in [2.05, 4.69) is 15.5 Å². The number of nitrogens with one attached hydrogen (secondary N) is 2. The Kier molecular flexibility index (Phi) is 8.58. The van der Waals surface area contributed by atoms with E-state index in [4.69, 9.17) is 15.8 Å². The van der Waals surface area contributed by atoms with Gasteiger partial charge in [-0.05, 0) is 31.6 Å². The zero-order valence-corrected chi connectivity index (χ0v) is 24.6. The van der Waals surface area contributed by atoms with E-state index in [9.17, 15) is 42.9 Å². The Morgan fingerprint density at radius 1 is 1.26 bits per heavy atom. The first-order valence-electron chi connectivity index (χ1n) is 11.9. The van der Waals surface area contributed by atoms with E-state index in [1.165, 1.54) is 24.7 Å². The Hall–Kier alpha value is -4.40. The van der Waals surface area contributed by atoms with Gasteiger partial charge in [-0.1, -0.05) is 5.16 Å². The molecule has 2 atom stereocenters. The third-order valence-electron chi connectivity index (χ3n) is 6.20. The van der Waals surface area contributed by atoms with Gasteiger partial charge in [-0.25, -0.2) is 23.7 Å². The van der Waals surface area contributed by atoms with Crippen LogP contribution in [0.5, 0.6) is 11.5 Å². The number of aromatic hydroxyl groups is 2. The van der Waals surface area contributed by atoms with Gasteiger partial charge in [0.2, 0.25) is 5.60 Å². The highest BCUT2D eigenvalue weighted by atomic mass is 32.2. The van der Waals surface area contributed by atoms with Crippen molar-refractivity contribution in [1.82, 2.24) is 20.7 Å². The van der Waals surface area contributed by atoms with Gasteiger partial charge in [0.1, 0.15) is 22.8 Å². The quantitative estimate of drug-likeness (QED) is 0.0551. The number of nitrogen functional groups attached to an aromatic ring is 1. The molecule has 2 aliphatic rings. The van der Waals surface area contributed by atoms with Crippen LogP contribution in [0.2, 0.25) is 0 Å². The summed E-state index contributed by atoms with van der Waals surface area (Å²) in [6.45, 7) is 2.50. The molecule has 3 amide bonds. The number of phenolic OH excluding ortho intramolecular Hbond substituents is 2. The lowest BCUT2D eigenvalue weighted by Crippen LogP contribution is -2.71. The number of anilines is 1. The Bertz CT molecular complexity index is 1680. The maximum absolute atomic E-state index is 13.2. The number of aromatic nitrogens is 1. The molecular weight excluding hydrogens is 632 g/mol. The molecule has 1 aromatic heterocycles. The van der Waals surface area contributed by atoms with Crippen molar-refractivity contribution >= 4 is 67.5 Å². The van der Waals surface area contributed by atoms with Crippen molar-refractivity contribution in [3.8, 4) is 11.5 Å². The van der Waals surface area contributed by atoms with Crippen molar-refractivity contribution in [2.45, 2.75) is 35.8 Å². The molecule has 0 unspecified atom stereocenters. The Balaban J connectivity index is 1.57. The van der Waals surface area contributed by atoms with Gasteiger partial charge in [0, 0.05) is 17.2 Å². The molecule has 43 heavy (non-hydrogen) atoms. The number of rotatable bonds is 10. The van der Waals surface area contributed by atoms with Gasteiger partial charge < -0.3 is 31.2 Å². The van der Waals surface area contributed by atoms with Crippen LogP contribution in [0.15, 0.2) is 44.9 Å². The predicted molar refractivity (Wildman–Crippen MR) is 150 cm³/mol. The molecule has 4 rings (SSSR count). The number of hydroxylamine groups is 1. The topological polar surface area (TPSA) is 271 Å². The lowest BCUT2D eigenvalue weighted by atomic mass is 10.0. The van der Waals surface area contributed by atoms with Crippen LogP contribution in [0.4, 0.5) is 5.13 Å². The second-order valence-corrected chi connectivity index (χ2v) is 13.6. The summed E-state index contributed by atoms with van der Waals surface area (Å²) in [6.07, 6.45) is 0. The number of hydrogen-bond donors (Lipinski definition) is 7. The maximum Gasteiger partial charge on any atom is 0.352 e. The minimum atomic E-state index is -4.20. The summed E-state index contributed by atoms with van der Waals surface area (Å²) in [4.78, 5) is 60.0. The van der Waals surface area contributed by atoms with Crippen LogP contribution in [0, 0.1) is 0 Å². The third kappa shape index (κ3) is 6.21.